The Bertz CT molecular complexity index is 2640. The molecule has 0 radical (unpaired) electrons. The number of hydrogen-bond donors (Lipinski definition) is 0. The minimum absolute atomic E-state index is 0.358. The summed E-state index contributed by atoms with van der Waals surface area (Å²) in [4.78, 5) is 2.45. The van der Waals surface area contributed by atoms with Crippen molar-refractivity contribution in [3.05, 3.63) is 221 Å². The van der Waals surface area contributed by atoms with E-state index in [9.17, 15) is 0 Å². The van der Waals surface area contributed by atoms with Crippen molar-refractivity contribution in [3.8, 4) is 44.5 Å². The minimum atomic E-state index is -0.358. The number of fused-ring (bicyclic) bond motifs is 10. The van der Waals surface area contributed by atoms with E-state index < -0.39 is 0 Å². The van der Waals surface area contributed by atoms with Crippen LogP contribution in [0.3, 0.4) is 0 Å². The van der Waals surface area contributed by atoms with Crippen LogP contribution in [0.15, 0.2) is 188 Å². The molecule has 0 atom stereocenters. The highest BCUT2D eigenvalue weighted by Crippen LogP contribution is 2.63. The zero-order valence-corrected chi connectivity index (χ0v) is 30.8. The largest absolute Gasteiger partial charge is 0.310 e. The van der Waals surface area contributed by atoms with Crippen LogP contribution >= 0.6 is 0 Å². The number of rotatable bonds is 7. The van der Waals surface area contributed by atoms with Crippen LogP contribution in [0.25, 0.3) is 44.5 Å². The number of hydrogen-bond acceptors (Lipinski definition) is 1. The van der Waals surface area contributed by atoms with Gasteiger partial charge in [-0.25, -0.2) is 0 Å². The van der Waals surface area contributed by atoms with Gasteiger partial charge in [0.25, 0.3) is 0 Å². The molecule has 1 nitrogen and oxygen atoms in total. The Labute approximate surface area is 318 Å². The van der Waals surface area contributed by atoms with Crippen LogP contribution in [0, 0.1) is 0 Å². The molecule has 0 aliphatic heterocycles. The molecule has 1 heteroatoms. The molecular weight excluding hydrogens is 651 g/mol. The van der Waals surface area contributed by atoms with Gasteiger partial charge >= 0.3 is 0 Å². The molecule has 0 fully saturated rings. The van der Waals surface area contributed by atoms with Gasteiger partial charge in [0.1, 0.15) is 0 Å². The predicted octanol–water partition coefficient (Wildman–Crippen LogP) is 14.0. The molecule has 8 aromatic rings. The first-order valence-electron chi connectivity index (χ1n) is 19.3. The second-order valence-corrected chi connectivity index (χ2v) is 14.6. The first kappa shape index (κ1) is 32.2. The highest BCUT2D eigenvalue weighted by Gasteiger charge is 2.51. The highest BCUT2D eigenvalue weighted by molar-refractivity contribution is 5.96. The number of aryl methyl sites for hydroxylation is 2. The fourth-order valence-corrected chi connectivity index (χ4v) is 9.47. The molecule has 0 bridgehead atoms. The van der Waals surface area contributed by atoms with Gasteiger partial charge in [0.15, 0.2) is 0 Å². The first-order chi connectivity index (χ1) is 26.7. The van der Waals surface area contributed by atoms with E-state index in [-0.39, 0.29) is 5.41 Å². The standard InChI is InChI=1S/C53H41N/c1-3-36-16-8-9-19-43(36)44-32-30-41(34-37(44)4-2)54(40-28-26-39(27-29-40)38-17-6-5-7-18-38)42-31-33-52-48(35-42)47-22-12-15-25-51(47)53(52)49-23-13-10-20-45(49)46-21-11-14-24-50(46)53/h5-35H,3-4H2,1-2H3. The van der Waals surface area contributed by atoms with Crippen LogP contribution in [0.1, 0.15) is 47.2 Å². The molecule has 2 aliphatic rings. The Balaban J connectivity index is 1.18. The molecule has 258 valence electrons. The Morgan fingerprint density at radius 2 is 0.778 bits per heavy atom. The Hall–Kier alpha value is -6.44. The number of nitrogens with zero attached hydrogens (tertiary/aromatic N) is 1. The van der Waals surface area contributed by atoms with E-state index in [0.29, 0.717) is 0 Å². The number of anilines is 3. The van der Waals surface area contributed by atoms with E-state index >= 15 is 0 Å². The average Bonchev–Trinajstić information content (AvgIpc) is 3.71. The Kier molecular flexibility index (Phi) is 7.70. The average molecular weight is 692 g/mol. The van der Waals surface area contributed by atoms with Gasteiger partial charge in [0.2, 0.25) is 0 Å². The van der Waals surface area contributed by atoms with Crippen molar-refractivity contribution in [1.82, 2.24) is 0 Å². The van der Waals surface area contributed by atoms with E-state index in [2.05, 4.69) is 207 Å². The third-order valence-electron chi connectivity index (χ3n) is 11.9. The lowest BCUT2D eigenvalue weighted by Crippen LogP contribution is -2.25. The number of benzene rings is 8. The molecule has 0 heterocycles. The van der Waals surface area contributed by atoms with E-state index in [1.165, 1.54) is 77.9 Å². The Morgan fingerprint density at radius 1 is 0.333 bits per heavy atom. The maximum absolute atomic E-state index is 2.45. The van der Waals surface area contributed by atoms with Gasteiger partial charge in [-0.05, 0) is 127 Å². The molecule has 0 saturated heterocycles. The summed E-state index contributed by atoms with van der Waals surface area (Å²) >= 11 is 0. The van der Waals surface area contributed by atoms with E-state index in [0.717, 1.165) is 29.9 Å². The smallest absolute Gasteiger partial charge is 0.0725 e. The molecule has 1 spiro atoms. The molecule has 10 rings (SSSR count). The molecule has 8 aromatic carbocycles. The molecule has 2 aliphatic carbocycles. The fourth-order valence-electron chi connectivity index (χ4n) is 9.47. The van der Waals surface area contributed by atoms with E-state index in [1.807, 2.05) is 0 Å². The molecular formula is C53H41N. The topological polar surface area (TPSA) is 3.24 Å². The summed E-state index contributed by atoms with van der Waals surface area (Å²) in [6.45, 7) is 4.53. The van der Waals surface area contributed by atoms with Crippen molar-refractivity contribution in [1.29, 1.82) is 0 Å². The van der Waals surface area contributed by atoms with Gasteiger partial charge in [-0.1, -0.05) is 166 Å². The lowest BCUT2D eigenvalue weighted by molar-refractivity contribution is 0.794. The zero-order chi connectivity index (χ0) is 36.2. The maximum atomic E-state index is 2.45. The fraction of sp³-hybridized carbons (Fsp3) is 0.0943. The summed E-state index contributed by atoms with van der Waals surface area (Å²) in [5.41, 5.74) is 21.6. The lowest BCUT2D eigenvalue weighted by Gasteiger charge is -2.31. The van der Waals surface area contributed by atoms with Crippen molar-refractivity contribution in [3.63, 3.8) is 0 Å². The molecule has 0 unspecified atom stereocenters. The quantitative estimate of drug-likeness (QED) is 0.161. The van der Waals surface area contributed by atoms with Crippen molar-refractivity contribution >= 4 is 17.1 Å². The molecule has 0 saturated carbocycles. The summed E-state index contributed by atoms with van der Waals surface area (Å²) in [7, 11) is 0. The van der Waals surface area contributed by atoms with Crippen LogP contribution in [0.4, 0.5) is 17.1 Å². The maximum Gasteiger partial charge on any atom is 0.0725 e. The van der Waals surface area contributed by atoms with Crippen molar-refractivity contribution in [2.24, 2.45) is 0 Å². The van der Waals surface area contributed by atoms with Crippen LogP contribution in [0.2, 0.25) is 0 Å². The van der Waals surface area contributed by atoms with Gasteiger partial charge in [0, 0.05) is 17.1 Å². The van der Waals surface area contributed by atoms with Crippen molar-refractivity contribution < 1.29 is 0 Å². The monoisotopic (exact) mass is 691 g/mol. The lowest BCUT2D eigenvalue weighted by atomic mass is 9.70. The highest BCUT2D eigenvalue weighted by atomic mass is 15.1. The van der Waals surface area contributed by atoms with Crippen LogP contribution < -0.4 is 4.90 Å². The van der Waals surface area contributed by atoms with Crippen molar-refractivity contribution in [2.45, 2.75) is 32.1 Å². The van der Waals surface area contributed by atoms with Gasteiger partial charge in [-0.3, -0.25) is 0 Å². The Morgan fingerprint density at radius 3 is 1.41 bits per heavy atom. The van der Waals surface area contributed by atoms with Crippen LogP contribution in [-0.2, 0) is 18.3 Å². The second kappa shape index (κ2) is 12.9. The predicted molar refractivity (Wildman–Crippen MR) is 227 cm³/mol. The van der Waals surface area contributed by atoms with Crippen LogP contribution in [-0.4, -0.2) is 0 Å². The molecule has 0 N–H and O–H groups in total. The summed E-state index contributed by atoms with van der Waals surface area (Å²) in [6, 6.07) is 70.0. The van der Waals surface area contributed by atoms with E-state index in [1.54, 1.807) is 0 Å². The van der Waals surface area contributed by atoms with Crippen molar-refractivity contribution in [2.75, 3.05) is 4.90 Å². The molecule has 0 amide bonds. The summed E-state index contributed by atoms with van der Waals surface area (Å²) < 4.78 is 0. The van der Waals surface area contributed by atoms with Gasteiger partial charge in [0.05, 0.1) is 5.41 Å². The molecule has 0 aromatic heterocycles. The van der Waals surface area contributed by atoms with Gasteiger partial charge in [-0.2, -0.15) is 0 Å². The van der Waals surface area contributed by atoms with Gasteiger partial charge < -0.3 is 4.90 Å². The first-order valence-corrected chi connectivity index (χ1v) is 19.3. The molecule has 54 heavy (non-hydrogen) atoms. The summed E-state index contributed by atoms with van der Waals surface area (Å²) in [5, 5.41) is 0. The minimum Gasteiger partial charge on any atom is -0.310 e. The van der Waals surface area contributed by atoms with E-state index in [4.69, 9.17) is 0 Å². The normalized spacial score (nSPS) is 12.9. The van der Waals surface area contributed by atoms with Gasteiger partial charge in [-0.15, -0.1) is 0 Å². The summed E-state index contributed by atoms with van der Waals surface area (Å²) in [6.07, 6.45) is 1.95. The third-order valence-corrected chi connectivity index (χ3v) is 11.9. The SMILES string of the molecule is CCc1ccccc1-c1ccc(N(c2ccc(-c3ccccc3)cc2)c2ccc3c(c2)-c2ccccc2C32c3ccccc3-c3ccccc32)cc1CC. The summed E-state index contributed by atoms with van der Waals surface area (Å²) in [5.74, 6) is 0. The third kappa shape index (κ3) is 4.78. The zero-order valence-electron chi connectivity index (χ0n) is 30.8. The van der Waals surface area contributed by atoms with Crippen LogP contribution in [0.5, 0.6) is 0 Å². The second-order valence-electron chi connectivity index (χ2n) is 14.6.